The lowest BCUT2D eigenvalue weighted by atomic mass is 10.1. The number of thioether (sulfide) groups is 1. The minimum Gasteiger partial charge on any atom is -0.457 e. The van der Waals surface area contributed by atoms with Crippen molar-refractivity contribution in [3.63, 3.8) is 0 Å². The van der Waals surface area contributed by atoms with Crippen LogP contribution in [0.3, 0.4) is 0 Å². The molecule has 1 unspecified atom stereocenters. The molecule has 0 spiro atoms. The first-order valence-corrected chi connectivity index (χ1v) is 13.5. The SMILES string of the molecule is CC(=O)SCC(C)N(CCN1CCCCC1)S(=O)(=O)c1ccc(Oc2ccccc2)cc1. The molecule has 1 atom stereocenters. The van der Waals surface area contributed by atoms with Gasteiger partial charge in [-0.15, -0.1) is 0 Å². The highest BCUT2D eigenvalue weighted by atomic mass is 32.2. The second kappa shape index (κ2) is 11.8. The fraction of sp³-hybridized carbons (Fsp3) is 0.458. The Hall–Kier alpha value is -1.87. The molecule has 0 amide bonds. The van der Waals surface area contributed by atoms with Gasteiger partial charge in [-0.1, -0.05) is 36.4 Å². The van der Waals surface area contributed by atoms with Crippen LogP contribution < -0.4 is 4.74 Å². The molecule has 6 nitrogen and oxygen atoms in total. The van der Waals surface area contributed by atoms with Crippen molar-refractivity contribution in [2.24, 2.45) is 0 Å². The van der Waals surface area contributed by atoms with E-state index in [1.165, 1.54) is 25.1 Å². The van der Waals surface area contributed by atoms with Gasteiger partial charge in [-0.3, -0.25) is 4.79 Å². The molecule has 1 heterocycles. The third-order valence-electron chi connectivity index (χ3n) is 5.51. The van der Waals surface area contributed by atoms with E-state index < -0.39 is 10.0 Å². The van der Waals surface area contributed by atoms with Gasteiger partial charge in [0.05, 0.1) is 4.90 Å². The minimum atomic E-state index is -3.71. The van der Waals surface area contributed by atoms with Crippen molar-refractivity contribution in [2.45, 2.75) is 44.0 Å². The molecule has 1 fully saturated rings. The van der Waals surface area contributed by atoms with Gasteiger partial charge in [-0.05, 0) is 69.3 Å². The van der Waals surface area contributed by atoms with Gasteiger partial charge in [0.1, 0.15) is 11.5 Å². The third kappa shape index (κ3) is 7.07. The fourth-order valence-electron chi connectivity index (χ4n) is 3.76. The van der Waals surface area contributed by atoms with Gasteiger partial charge in [0.2, 0.25) is 10.0 Å². The summed E-state index contributed by atoms with van der Waals surface area (Å²) in [6.45, 7) is 6.51. The van der Waals surface area contributed by atoms with E-state index in [4.69, 9.17) is 4.74 Å². The van der Waals surface area contributed by atoms with E-state index in [1.807, 2.05) is 37.3 Å². The zero-order valence-corrected chi connectivity index (χ0v) is 20.4. The molecule has 0 N–H and O–H groups in total. The van der Waals surface area contributed by atoms with Gasteiger partial charge in [-0.2, -0.15) is 4.31 Å². The number of nitrogens with zero attached hydrogens (tertiary/aromatic N) is 2. The summed E-state index contributed by atoms with van der Waals surface area (Å²) in [6, 6.07) is 15.6. The maximum Gasteiger partial charge on any atom is 0.243 e. The second-order valence-corrected chi connectivity index (χ2v) is 11.1. The Morgan fingerprint density at radius 3 is 2.28 bits per heavy atom. The van der Waals surface area contributed by atoms with E-state index in [9.17, 15) is 13.2 Å². The van der Waals surface area contributed by atoms with Crippen LogP contribution in [0.25, 0.3) is 0 Å². The number of piperidine rings is 1. The molecule has 0 aromatic heterocycles. The topological polar surface area (TPSA) is 66.9 Å². The molecule has 0 saturated carbocycles. The maximum atomic E-state index is 13.5. The van der Waals surface area contributed by atoms with Crippen molar-refractivity contribution in [1.82, 2.24) is 9.21 Å². The van der Waals surface area contributed by atoms with Gasteiger partial charge < -0.3 is 9.64 Å². The maximum absolute atomic E-state index is 13.5. The molecule has 2 aromatic rings. The summed E-state index contributed by atoms with van der Waals surface area (Å²) in [6.07, 6.45) is 3.55. The Labute approximate surface area is 196 Å². The highest BCUT2D eigenvalue weighted by Crippen LogP contribution is 2.26. The van der Waals surface area contributed by atoms with E-state index in [2.05, 4.69) is 4.90 Å². The summed E-state index contributed by atoms with van der Waals surface area (Å²) >= 11 is 1.17. The third-order valence-corrected chi connectivity index (χ3v) is 8.60. The van der Waals surface area contributed by atoms with Crippen molar-refractivity contribution >= 4 is 26.9 Å². The van der Waals surface area contributed by atoms with E-state index in [-0.39, 0.29) is 16.1 Å². The van der Waals surface area contributed by atoms with Gasteiger partial charge in [0.15, 0.2) is 5.12 Å². The number of sulfonamides is 1. The quantitative estimate of drug-likeness (QED) is 0.498. The van der Waals surface area contributed by atoms with Crippen LogP contribution in [-0.4, -0.2) is 60.7 Å². The monoisotopic (exact) mass is 476 g/mol. The molecule has 0 bridgehead atoms. The van der Waals surface area contributed by atoms with E-state index in [0.717, 1.165) is 25.9 Å². The first kappa shape index (κ1) is 24.8. The molecular formula is C24H32N2O4S2. The smallest absolute Gasteiger partial charge is 0.243 e. The first-order chi connectivity index (χ1) is 15.4. The number of carbonyl (C=O) groups excluding carboxylic acids is 1. The average Bonchev–Trinajstić information content (AvgIpc) is 2.79. The molecule has 1 aliphatic heterocycles. The van der Waals surface area contributed by atoms with Crippen LogP contribution in [0.1, 0.15) is 33.1 Å². The predicted octanol–water partition coefficient (Wildman–Crippen LogP) is 4.62. The number of hydrogen-bond acceptors (Lipinski definition) is 6. The van der Waals surface area contributed by atoms with Crippen LogP contribution in [-0.2, 0) is 14.8 Å². The van der Waals surface area contributed by atoms with Crippen molar-refractivity contribution in [3.8, 4) is 11.5 Å². The molecule has 1 aliphatic rings. The van der Waals surface area contributed by atoms with Crippen molar-refractivity contribution in [1.29, 1.82) is 0 Å². The number of benzene rings is 2. The molecule has 0 radical (unpaired) electrons. The Bertz CT molecular complexity index is 959. The van der Waals surface area contributed by atoms with Crippen LogP contribution in [0.5, 0.6) is 11.5 Å². The lowest BCUT2D eigenvalue weighted by molar-refractivity contribution is -0.109. The summed E-state index contributed by atoms with van der Waals surface area (Å²) < 4.78 is 34.4. The Morgan fingerprint density at radius 2 is 1.66 bits per heavy atom. The first-order valence-electron chi connectivity index (χ1n) is 11.1. The number of carbonyl (C=O) groups is 1. The Morgan fingerprint density at radius 1 is 1.03 bits per heavy atom. The fourth-order valence-corrected chi connectivity index (χ4v) is 6.13. The number of likely N-dealkylation sites (tertiary alicyclic amines) is 1. The molecule has 3 rings (SSSR count). The normalized spacial score (nSPS) is 16.1. The summed E-state index contributed by atoms with van der Waals surface area (Å²) in [5, 5.41) is -0.00681. The van der Waals surface area contributed by atoms with Gasteiger partial charge in [0.25, 0.3) is 0 Å². The molecule has 2 aromatic carbocycles. The second-order valence-electron chi connectivity index (χ2n) is 8.06. The van der Waals surface area contributed by atoms with E-state index >= 15 is 0 Å². The Kier molecular flexibility index (Phi) is 9.16. The largest absolute Gasteiger partial charge is 0.457 e. The number of hydrogen-bond donors (Lipinski definition) is 0. The minimum absolute atomic E-state index is 0.00681. The van der Waals surface area contributed by atoms with Gasteiger partial charge >= 0.3 is 0 Å². The number of rotatable bonds is 10. The van der Waals surface area contributed by atoms with Crippen LogP contribution in [0.2, 0.25) is 0 Å². The standard InChI is InChI=1S/C24H32N2O4S2/c1-20(19-31-21(2)27)26(18-17-25-15-7-4-8-16-25)32(28,29)24-13-11-23(12-14-24)30-22-9-5-3-6-10-22/h3,5-6,9-14,20H,4,7-8,15-19H2,1-2H3. The molecule has 8 heteroatoms. The van der Waals surface area contributed by atoms with Crippen molar-refractivity contribution in [3.05, 3.63) is 54.6 Å². The molecule has 1 saturated heterocycles. The van der Waals surface area contributed by atoms with Gasteiger partial charge in [-0.25, -0.2) is 8.42 Å². The van der Waals surface area contributed by atoms with E-state index in [0.29, 0.717) is 30.3 Å². The lowest BCUT2D eigenvalue weighted by Gasteiger charge is -2.32. The number of ether oxygens (including phenoxy) is 1. The molecular weight excluding hydrogens is 444 g/mol. The highest BCUT2D eigenvalue weighted by Gasteiger charge is 2.30. The summed E-state index contributed by atoms with van der Waals surface area (Å²) in [4.78, 5) is 14.0. The molecule has 0 aliphatic carbocycles. The molecule has 32 heavy (non-hydrogen) atoms. The van der Waals surface area contributed by atoms with Crippen LogP contribution in [0.4, 0.5) is 0 Å². The predicted molar refractivity (Wildman–Crippen MR) is 130 cm³/mol. The van der Waals surface area contributed by atoms with Crippen LogP contribution in [0, 0.1) is 0 Å². The van der Waals surface area contributed by atoms with Crippen molar-refractivity contribution < 1.29 is 17.9 Å². The molecule has 174 valence electrons. The lowest BCUT2D eigenvalue weighted by Crippen LogP contribution is -2.45. The zero-order chi connectivity index (χ0) is 23.0. The van der Waals surface area contributed by atoms with Crippen molar-refractivity contribution in [2.75, 3.05) is 31.9 Å². The van der Waals surface area contributed by atoms with E-state index in [1.54, 1.807) is 28.6 Å². The highest BCUT2D eigenvalue weighted by molar-refractivity contribution is 8.13. The number of para-hydroxylation sites is 1. The summed E-state index contributed by atoms with van der Waals surface area (Å²) in [7, 11) is -3.71. The van der Waals surface area contributed by atoms with Crippen LogP contribution >= 0.6 is 11.8 Å². The Balaban J connectivity index is 1.75. The summed E-state index contributed by atoms with van der Waals surface area (Å²) in [5.41, 5.74) is 0. The zero-order valence-electron chi connectivity index (χ0n) is 18.8. The van der Waals surface area contributed by atoms with Crippen LogP contribution in [0.15, 0.2) is 59.5 Å². The van der Waals surface area contributed by atoms with Gasteiger partial charge in [0, 0.05) is 31.8 Å². The summed E-state index contributed by atoms with van der Waals surface area (Å²) in [5.74, 6) is 1.71. The average molecular weight is 477 g/mol.